The fraction of sp³-hybridized carbons (Fsp3) is 0.231. The van der Waals surface area contributed by atoms with E-state index in [0.29, 0.717) is 11.3 Å². The van der Waals surface area contributed by atoms with Crippen molar-refractivity contribution in [1.29, 1.82) is 0 Å². The minimum atomic E-state index is -0.301. The minimum absolute atomic E-state index is 0.0104. The summed E-state index contributed by atoms with van der Waals surface area (Å²) in [5.41, 5.74) is 1.26. The number of anilines is 1. The smallest absolute Gasteiger partial charge is 0.319 e. The number of aromatic amines is 1. The third-order valence-electron chi connectivity index (χ3n) is 3.17. The van der Waals surface area contributed by atoms with Gasteiger partial charge in [-0.2, -0.15) is 5.10 Å². The minimum Gasteiger partial charge on any atom is -0.334 e. The normalized spacial score (nSPS) is 20.9. The molecule has 1 fully saturated rings. The molecule has 6 heteroatoms. The van der Waals surface area contributed by atoms with E-state index in [1.807, 2.05) is 0 Å². The van der Waals surface area contributed by atoms with Crippen LogP contribution in [-0.4, -0.2) is 22.3 Å². The van der Waals surface area contributed by atoms with Gasteiger partial charge < -0.3 is 10.6 Å². The zero-order chi connectivity index (χ0) is 13.2. The second kappa shape index (κ2) is 4.72. The summed E-state index contributed by atoms with van der Waals surface area (Å²) in [7, 11) is 0. The first-order valence-electron chi connectivity index (χ1n) is 6.05. The van der Waals surface area contributed by atoms with Crippen molar-refractivity contribution >= 4 is 11.7 Å². The van der Waals surface area contributed by atoms with Crippen molar-refractivity contribution in [2.45, 2.75) is 18.4 Å². The predicted molar refractivity (Wildman–Crippen MR) is 68.3 cm³/mol. The molecule has 5 nitrogen and oxygen atoms in total. The Hall–Kier alpha value is -2.37. The number of rotatable bonds is 3. The van der Waals surface area contributed by atoms with Gasteiger partial charge in [-0.25, -0.2) is 9.18 Å². The Bertz CT molecular complexity index is 584. The lowest BCUT2D eigenvalue weighted by Crippen LogP contribution is -2.31. The third-order valence-corrected chi connectivity index (χ3v) is 3.17. The Kier molecular flexibility index (Phi) is 2.91. The quantitative estimate of drug-likeness (QED) is 0.792. The maximum absolute atomic E-state index is 13.6. The number of urea groups is 1. The molecule has 2 unspecified atom stereocenters. The van der Waals surface area contributed by atoms with E-state index in [1.165, 1.54) is 12.3 Å². The van der Waals surface area contributed by atoms with Crippen LogP contribution in [-0.2, 0) is 0 Å². The van der Waals surface area contributed by atoms with Gasteiger partial charge >= 0.3 is 6.03 Å². The lowest BCUT2D eigenvalue weighted by molar-refractivity contribution is 0.251. The van der Waals surface area contributed by atoms with Crippen LogP contribution in [0.2, 0.25) is 0 Å². The molecule has 98 valence electrons. The lowest BCUT2D eigenvalue weighted by atomic mass is 10.1. The molecule has 1 aromatic carbocycles. The fourth-order valence-corrected chi connectivity index (χ4v) is 2.13. The van der Waals surface area contributed by atoms with Crippen LogP contribution in [0.5, 0.6) is 0 Å². The number of amides is 2. The van der Waals surface area contributed by atoms with E-state index in [0.717, 1.165) is 6.42 Å². The Morgan fingerprint density at radius 2 is 2.26 bits per heavy atom. The maximum atomic E-state index is 13.6. The van der Waals surface area contributed by atoms with Crippen LogP contribution >= 0.6 is 0 Å². The number of aromatic nitrogens is 2. The van der Waals surface area contributed by atoms with Crippen molar-refractivity contribution in [3.05, 3.63) is 48.0 Å². The fourth-order valence-electron chi connectivity index (χ4n) is 2.13. The Labute approximate surface area is 109 Å². The van der Waals surface area contributed by atoms with Crippen LogP contribution in [0.25, 0.3) is 0 Å². The number of benzene rings is 1. The van der Waals surface area contributed by atoms with Crippen LogP contribution in [0.15, 0.2) is 36.7 Å². The van der Waals surface area contributed by atoms with Crippen molar-refractivity contribution in [3.8, 4) is 0 Å². The highest BCUT2D eigenvalue weighted by Crippen LogP contribution is 2.41. The van der Waals surface area contributed by atoms with Gasteiger partial charge in [-0.15, -0.1) is 0 Å². The molecule has 2 amide bonds. The van der Waals surface area contributed by atoms with Crippen LogP contribution < -0.4 is 10.6 Å². The van der Waals surface area contributed by atoms with Crippen molar-refractivity contribution in [2.75, 3.05) is 5.32 Å². The zero-order valence-electron chi connectivity index (χ0n) is 10.1. The Balaban J connectivity index is 1.56. The SMILES string of the molecule is O=C(Nc1cn[nH]c1)NC1CC1c1ccccc1F. The van der Waals surface area contributed by atoms with Crippen LogP contribution in [0.3, 0.4) is 0 Å². The molecule has 0 saturated heterocycles. The molecular formula is C13H13FN4O. The molecule has 2 aromatic rings. The molecule has 19 heavy (non-hydrogen) atoms. The standard InChI is InChI=1S/C13H13FN4O/c14-11-4-2-1-3-9(11)10-5-12(10)18-13(19)17-8-6-15-16-7-8/h1-4,6-7,10,12H,5H2,(H,15,16)(H2,17,18,19). The van der Waals surface area contributed by atoms with Gasteiger partial charge in [0, 0.05) is 18.2 Å². The maximum Gasteiger partial charge on any atom is 0.319 e. The van der Waals surface area contributed by atoms with Gasteiger partial charge in [0.2, 0.25) is 0 Å². The van der Waals surface area contributed by atoms with Gasteiger partial charge in [0.1, 0.15) is 5.82 Å². The molecule has 0 bridgehead atoms. The number of carbonyl (C=O) groups is 1. The van der Waals surface area contributed by atoms with Gasteiger partial charge in [-0.3, -0.25) is 5.10 Å². The first-order valence-corrected chi connectivity index (χ1v) is 6.05. The molecule has 0 radical (unpaired) electrons. The summed E-state index contributed by atoms with van der Waals surface area (Å²) in [6.45, 7) is 0. The van der Waals surface area contributed by atoms with Gasteiger partial charge in [-0.05, 0) is 18.1 Å². The van der Waals surface area contributed by atoms with Crippen molar-refractivity contribution in [1.82, 2.24) is 15.5 Å². The number of halogens is 1. The molecule has 0 spiro atoms. The molecule has 1 aliphatic carbocycles. The van der Waals surface area contributed by atoms with Crippen molar-refractivity contribution in [2.24, 2.45) is 0 Å². The first-order chi connectivity index (χ1) is 9.24. The average molecular weight is 260 g/mol. The monoisotopic (exact) mass is 260 g/mol. The van der Waals surface area contributed by atoms with Crippen molar-refractivity contribution < 1.29 is 9.18 Å². The van der Waals surface area contributed by atoms with Crippen LogP contribution in [0.1, 0.15) is 17.9 Å². The highest BCUT2D eigenvalue weighted by molar-refractivity contribution is 5.89. The second-order valence-electron chi connectivity index (χ2n) is 4.56. The number of carbonyl (C=O) groups excluding carboxylic acids is 1. The van der Waals surface area contributed by atoms with Gasteiger partial charge in [-0.1, -0.05) is 18.2 Å². The number of hydrogen-bond acceptors (Lipinski definition) is 2. The molecule has 0 aliphatic heterocycles. The van der Waals surface area contributed by atoms with E-state index >= 15 is 0 Å². The molecular weight excluding hydrogens is 247 g/mol. The summed E-state index contributed by atoms with van der Waals surface area (Å²) in [6.07, 6.45) is 3.86. The molecule has 1 saturated carbocycles. The van der Waals surface area contributed by atoms with E-state index in [9.17, 15) is 9.18 Å². The summed E-state index contributed by atoms with van der Waals surface area (Å²) in [6, 6.07) is 6.36. The van der Waals surface area contributed by atoms with E-state index in [4.69, 9.17) is 0 Å². The molecule has 1 aliphatic rings. The Morgan fingerprint density at radius 3 is 3.00 bits per heavy atom. The van der Waals surface area contributed by atoms with Crippen LogP contribution in [0, 0.1) is 5.82 Å². The number of H-pyrrole nitrogens is 1. The molecule has 3 rings (SSSR count). The predicted octanol–water partition coefficient (Wildman–Crippen LogP) is 2.23. The highest BCUT2D eigenvalue weighted by Gasteiger charge is 2.40. The van der Waals surface area contributed by atoms with Crippen molar-refractivity contribution in [3.63, 3.8) is 0 Å². The summed E-state index contributed by atoms with van der Waals surface area (Å²) in [5, 5.41) is 11.8. The number of nitrogens with one attached hydrogen (secondary N) is 3. The van der Waals surface area contributed by atoms with E-state index in [-0.39, 0.29) is 23.8 Å². The van der Waals surface area contributed by atoms with Gasteiger partial charge in [0.05, 0.1) is 11.9 Å². The van der Waals surface area contributed by atoms with E-state index < -0.39 is 0 Å². The van der Waals surface area contributed by atoms with E-state index in [1.54, 1.807) is 24.4 Å². The average Bonchev–Trinajstić information content (AvgIpc) is 2.94. The topological polar surface area (TPSA) is 69.8 Å². The highest BCUT2D eigenvalue weighted by atomic mass is 19.1. The van der Waals surface area contributed by atoms with Crippen LogP contribution in [0.4, 0.5) is 14.9 Å². The first kappa shape index (κ1) is 11.7. The summed E-state index contributed by atoms with van der Waals surface area (Å²) < 4.78 is 13.6. The van der Waals surface area contributed by atoms with Gasteiger partial charge in [0.25, 0.3) is 0 Å². The number of hydrogen-bond donors (Lipinski definition) is 3. The van der Waals surface area contributed by atoms with Gasteiger partial charge in [0.15, 0.2) is 0 Å². The summed E-state index contributed by atoms with van der Waals surface area (Å²) >= 11 is 0. The second-order valence-corrected chi connectivity index (χ2v) is 4.56. The molecule has 1 heterocycles. The lowest BCUT2D eigenvalue weighted by Gasteiger charge is -2.06. The van der Waals surface area contributed by atoms with E-state index in [2.05, 4.69) is 20.8 Å². The largest absolute Gasteiger partial charge is 0.334 e. The molecule has 1 aromatic heterocycles. The zero-order valence-corrected chi connectivity index (χ0v) is 10.1. The summed E-state index contributed by atoms with van der Waals surface area (Å²) in [5.74, 6) is -0.150. The molecule has 2 atom stereocenters. The third kappa shape index (κ3) is 2.57. The molecule has 3 N–H and O–H groups in total. The summed E-state index contributed by atoms with van der Waals surface area (Å²) in [4.78, 5) is 11.7. The Morgan fingerprint density at radius 1 is 1.42 bits per heavy atom. The number of nitrogens with zero attached hydrogens (tertiary/aromatic N) is 1.